The largest absolute Gasteiger partial charge is 0.383 e. The minimum absolute atomic E-state index is 0.0246. The zero-order valence-electron chi connectivity index (χ0n) is 14.1. The number of piperidine rings is 1. The lowest BCUT2D eigenvalue weighted by Crippen LogP contribution is -2.46. The van der Waals surface area contributed by atoms with Crippen molar-refractivity contribution in [1.29, 1.82) is 0 Å². The zero-order chi connectivity index (χ0) is 17.8. The van der Waals surface area contributed by atoms with Gasteiger partial charge in [-0.3, -0.25) is 9.59 Å². The standard InChI is InChI=1S/C18H21ClN2O3S/c1-24-9-8-21-11-12(6-7-16(21)22)18(23)20-10-15-17(19)13-4-2-3-5-14(13)25-15/h2-5,12H,6-11H2,1H3,(H,20,23). The maximum atomic E-state index is 12.5. The molecule has 0 aliphatic carbocycles. The predicted molar refractivity (Wildman–Crippen MR) is 99.9 cm³/mol. The van der Waals surface area contributed by atoms with Gasteiger partial charge in [-0.1, -0.05) is 29.8 Å². The van der Waals surface area contributed by atoms with Crippen LogP contribution in [0.15, 0.2) is 24.3 Å². The Kier molecular flexibility index (Phi) is 5.93. The molecule has 1 saturated heterocycles. The Hall–Kier alpha value is -1.63. The van der Waals surface area contributed by atoms with Crippen molar-refractivity contribution in [3.05, 3.63) is 34.2 Å². The summed E-state index contributed by atoms with van der Waals surface area (Å²) in [4.78, 5) is 27.1. The van der Waals surface area contributed by atoms with Crippen molar-refractivity contribution in [1.82, 2.24) is 10.2 Å². The van der Waals surface area contributed by atoms with Gasteiger partial charge in [0.1, 0.15) is 0 Å². The van der Waals surface area contributed by atoms with Crippen molar-refractivity contribution in [3.8, 4) is 0 Å². The van der Waals surface area contributed by atoms with Gasteiger partial charge < -0.3 is 15.0 Å². The number of carbonyl (C=O) groups excluding carboxylic acids is 2. The lowest BCUT2D eigenvalue weighted by Gasteiger charge is -2.31. The number of carbonyl (C=O) groups is 2. The molecule has 0 spiro atoms. The third-order valence-electron chi connectivity index (χ3n) is 4.46. The van der Waals surface area contributed by atoms with Gasteiger partial charge in [0, 0.05) is 41.6 Å². The summed E-state index contributed by atoms with van der Waals surface area (Å²) in [7, 11) is 1.60. The van der Waals surface area contributed by atoms with E-state index in [1.54, 1.807) is 23.3 Å². The van der Waals surface area contributed by atoms with Gasteiger partial charge >= 0.3 is 0 Å². The van der Waals surface area contributed by atoms with Crippen LogP contribution in [0, 0.1) is 5.92 Å². The smallest absolute Gasteiger partial charge is 0.225 e. The molecule has 5 nitrogen and oxygen atoms in total. The number of ether oxygens (including phenoxy) is 1. The molecule has 1 unspecified atom stereocenters. The average molecular weight is 381 g/mol. The van der Waals surface area contributed by atoms with Gasteiger partial charge in [0.15, 0.2) is 0 Å². The molecule has 1 aromatic carbocycles. The van der Waals surface area contributed by atoms with Crippen molar-refractivity contribution in [2.75, 3.05) is 26.8 Å². The maximum Gasteiger partial charge on any atom is 0.225 e. The summed E-state index contributed by atoms with van der Waals surface area (Å²) in [6.07, 6.45) is 1.000. The van der Waals surface area contributed by atoms with E-state index in [-0.39, 0.29) is 17.7 Å². The molecule has 1 fully saturated rings. The Bertz CT molecular complexity index is 777. The molecule has 2 heterocycles. The second kappa shape index (κ2) is 8.17. The lowest BCUT2D eigenvalue weighted by molar-refractivity contribution is -0.138. The number of likely N-dealkylation sites (tertiary alicyclic amines) is 1. The van der Waals surface area contributed by atoms with Crippen LogP contribution in [0.2, 0.25) is 5.02 Å². The molecule has 7 heteroatoms. The number of nitrogens with zero attached hydrogens (tertiary/aromatic N) is 1. The first kappa shape index (κ1) is 18.2. The Balaban J connectivity index is 1.60. The Morgan fingerprint density at radius 3 is 3.00 bits per heavy atom. The van der Waals surface area contributed by atoms with E-state index < -0.39 is 0 Å². The second-order valence-corrected chi connectivity index (χ2v) is 7.64. The summed E-state index contributed by atoms with van der Waals surface area (Å²) in [5.41, 5.74) is 0. The van der Waals surface area contributed by atoms with Gasteiger partial charge in [-0.2, -0.15) is 0 Å². The quantitative estimate of drug-likeness (QED) is 0.837. The fourth-order valence-electron chi connectivity index (χ4n) is 3.04. The molecule has 2 aromatic rings. The first-order chi connectivity index (χ1) is 12.1. The van der Waals surface area contributed by atoms with Crippen LogP contribution < -0.4 is 5.32 Å². The summed E-state index contributed by atoms with van der Waals surface area (Å²) < 4.78 is 6.14. The van der Waals surface area contributed by atoms with Gasteiger partial charge in [-0.05, 0) is 12.5 Å². The number of rotatable bonds is 6. The first-order valence-corrected chi connectivity index (χ1v) is 9.50. The number of fused-ring (bicyclic) bond motifs is 1. The molecule has 1 aliphatic rings. The lowest BCUT2D eigenvalue weighted by atomic mass is 9.96. The number of nitrogens with one attached hydrogen (secondary N) is 1. The summed E-state index contributed by atoms with van der Waals surface area (Å²) in [5, 5.41) is 4.71. The molecule has 134 valence electrons. The van der Waals surface area contributed by atoms with E-state index >= 15 is 0 Å². The molecule has 1 aliphatic heterocycles. The third-order valence-corrected chi connectivity index (χ3v) is 6.18. The first-order valence-electron chi connectivity index (χ1n) is 8.30. The molecule has 3 rings (SSSR count). The van der Waals surface area contributed by atoms with Crippen LogP contribution in [-0.4, -0.2) is 43.5 Å². The number of methoxy groups -OCH3 is 1. The second-order valence-electron chi connectivity index (χ2n) is 6.12. The number of hydrogen-bond acceptors (Lipinski definition) is 4. The molecule has 0 saturated carbocycles. The zero-order valence-corrected chi connectivity index (χ0v) is 15.7. The summed E-state index contributed by atoms with van der Waals surface area (Å²) in [6.45, 7) is 1.88. The highest BCUT2D eigenvalue weighted by atomic mass is 35.5. The van der Waals surface area contributed by atoms with Gasteiger partial charge in [-0.25, -0.2) is 0 Å². The third kappa shape index (κ3) is 4.14. The van der Waals surface area contributed by atoms with Crippen molar-refractivity contribution in [2.24, 2.45) is 5.92 Å². The Labute approximate surface area is 155 Å². The van der Waals surface area contributed by atoms with Crippen molar-refractivity contribution in [2.45, 2.75) is 19.4 Å². The number of thiophene rings is 1. The molecular weight excluding hydrogens is 360 g/mol. The number of halogens is 1. The van der Waals surface area contributed by atoms with Crippen LogP contribution in [0.1, 0.15) is 17.7 Å². The summed E-state index contributed by atoms with van der Waals surface area (Å²) in [5.74, 6) is -0.111. The van der Waals surface area contributed by atoms with Crippen molar-refractivity contribution >= 4 is 44.8 Å². The van der Waals surface area contributed by atoms with E-state index in [0.717, 1.165) is 15.0 Å². The normalized spacial score (nSPS) is 17.9. The van der Waals surface area contributed by atoms with Crippen LogP contribution in [0.5, 0.6) is 0 Å². The van der Waals surface area contributed by atoms with E-state index in [4.69, 9.17) is 16.3 Å². The van der Waals surface area contributed by atoms with E-state index in [1.807, 2.05) is 24.3 Å². The molecule has 25 heavy (non-hydrogen) atoms. The molecular formula is C18H21ClN2O3S. The highest BCUT2D eigenvalue weighted by molar-refractivity contribution is 7.19. The van der Waals surface area contributed by atoms with Gasteiger partial charge in [0.05, 0.1) is 24.1 Å². The minimum Gasteiger partial charge on any atom is -0.383 e. The maximum absolute atomic E-state index is 12.5. The van der Waals surface area contributed by atoms with E-state index in [1.165, 1.54) is 0 Å². The van der Waals surface area contributed by atoms with E-state index in [2.05, 4.69) is 5.32 Å². The fourth-order valence-corrected chi connectivity index (χ4v) is 4.48. The molecule has 1 atom stereocenters. The van der Waals surface area contributed by atoms with E-state index in [0.29, 0.717) is 44.1 Å². The molecule has 2 amide bonds. The van der Waals surface area contributed by atoms with Crippen LogP contribution in [0.4, 0.5) is 0 Å². The molecule has 0 bridgehead atoms. The van der Waals surface area contributed by atoms with Crippen LogP contribution >= 0.6 is 22.9 Å². The van der Waals surface area contributed by atoms with Crippen LogP contribution in [0.3, 0.4) is 0 Å². The van der Waals surface area contributed by atoms with Crippen LogP contribution in [-0.2, 0) is 20.9 Å². The molecule has 1 aromatic heterocycles. The van der Waals surface area contributed by atoms with Gasteiger partial charge in [0.25, 0.3) is 0 Å². The summed E-state index contributed by atoms with van der Waals surface area (Å²) in [6, 6.07) is 7.94. The minimum atomic E-state index is -0.178. The van der Waals surface area contributed by atoms with Crippen molar-refractivity contribution < 1.29 is 14.3 Å². The highest BCUT2D eigenvalue weighted by Gasteiger charge is 2.30. The topological polar surface area (TPSA) is 58.6 Å². The Morgan fingerprint density at radius 2 is 2.24 bits per heavy atom. The van der Waals surface area contributed by atoms with Gasteiger partial charge in [-0.15, -0.1) is 11.3 Å². The predicted octanol–water partition coefficient (Wildman–Crippen LogP) is 3.06. The molecule has 0 radical (unpaired) electrons. The molecule has 1 N–H and O–H groups in total. The summed E-state index contributed by atoms with van der Waals surface area (Å²) >= 11 is 8.02. The highest BCUT2D eigenvalue weighted by Crippen LogP contribution is 2.35. The van der Waals surface area contributed by atoms with Crippen molar-refractivity contribution in [3.63, 3.8) is 0 Å². The number of benzene rings is 1. The number of hydrogen-bond donors (Lipinski definition) is 1. The monoisotopic (exact) mass is 380 g/mol. The van der Waals surface area contributed by atoms with Crippen LogP contribution in [0.25, 0.3) is 10.1 Å². The number of amides is 2. The van der Waals surface area contributed by atoms with Gasteiger partial charge in [0.2, 0.25) is 11.8 Å². The Morgan fingerprint density at radius 1 is 1.44 bits per heavy atom. The van der Waals surface area contributed by atoms with E-state index in [9.17, 15) is 9.59 Å². The average Bonchev–Trinajstić information content (AvgIpc) is 2.95. The SMILES string of the molecule is COCCN1CC(C(=O)NCc2sc3ccccc3c2Cl)CCC1=O. The fraction of sp³-hybridized carbons (Fsp3) is 0.444.